The number of amides is 1. The average Bonchev–Trinajstić information content (AvgIpc) is 2.99. The zero-order valence-electron chi connectivity index (χ0n) is 12.3. The lowest BCUT2D eigenvalue weighted by molar-refractivity contribution is 0.102. The van der Waals surface area contributed by atoms with Gasteiger partial charge in [-0.15, -0.1) is 10.2 Å². The highest BCUT2D eigenvalue weighted by atomic mass is 32.2. The van der Waals surface area contributed by atoms with Crippen LogP contribution in [0.25, 0.3) is 0 Å². The number of nitrogens with zero attached hydrogens (tertiary/aromatic N) is 3. The summed E-state index contributed by atoms with van der Waals surface area (Å²) >= 11 is 1.20. The number of anilines is 1. The average molecular weight is 340 g/mol. The maximum absolute atomic E-state index is 12.3. The van der Waals surface area contributed by atoms with Gasteiger partial charge in [-0.05, 0) is 38.1 Å². The summed E-state index contributed by atoms with van der Waals surface area (Å²) < 4.78 is 25.9. The fourth-order valence-electron chi connectivity index (χ4n) is 1.62. The predicted molar refractivity (Wildman–Crippen MR) is 84.4 cm³/mol. The molecule has 0 bridgehead atoms. The third kappa shape index (κ3) is 3.49. The quantitative estimate of drug-likeness (QED) is 0.896. The van der Waals surface area contributed by atoms with Crippen LogP contribution in [0.4, 0.5) is 5.13 Å². The molecule has 0 atom stereocenters. The normalized spacial score (nSPS) is 11.9. The first-order valence-electron chi connectivity index (χ1n) is 6.48. The molecule has 7 nitrogen and oxygen atoms in total. The third-order valence-electron chi connectivity index (χ3n) is 3.10. The maximum Gasteiger partial charge on any atom is 0.257 e. The minimum atomic E-state index is -3.55. The lowest BCUT2D eigenvalue weighted by Crippen LogP contribution is -2.33. The molecular weight excluding hydrogens is 324 g/mol. The number of benzene rings is 1. The number of carbonyl (C=O) groups is 1. The molecule has 1 aromatic carbocycles. The Kier molecular flexibility index (Phi) is 4.89. The number of hydrogen-bond donors (Lipinski definition) is 1. The second-order valence-electron chi connectivity index (χ2n) is 4.84. The molecule has 0 unspecified atom stereocenters. The Bertz CT molecular complexity index is 740. The van der Waals surface area contributed by atoms with E-state index in [1.165, 1.54) is 52.5 Å². The Morgan fingerprint density at radius 2 is 1.91 bits per heavy atom. The molecule has 1 aromatic heterocycles. The Hall–Kier alpha value is -1.84. The van der Waals surface area contributed by atoms with Crippen LogP contribution >= 0.6 is 11.3 Å². The van der Waals surface area contributed by atoms with Crippen LogP contribution < -0.4 is 5.32 Å². The van der Waals surface area contributed by atoms with Crippen LogP contribution in [0.15, 0.2) is 34.7 Å². The van der Waals surface area contributed by atoms with Crippen LogP contribution in [-0.2, 0) is 10.0 Å². The first-order chi connectivity index (χ1) is 10.3. The van der Waals surface area contributed by atoms with Crippen molar-refractivity contribution in [3.05, 3.63) is 35.3 Å². The molecule has 0 aliphatic carbocycles. The lowest BCUT2D eigenvalue weighted by Gasteiger charge is -2.20. The van der Waals surface area contributed by atoms with Crippen molar-refractivity contribution in [2.75, 3.05) is 12.4 Å². The van der Waals surface area contributed by atoms with Crippen LogP contribution in [-0.4, -0.2) is 41.9 Å². The highest BCUT2D eigenvalue weighted by Crippen LogP contribution is 2.18. The number of sulfonamides is 1. The SMILES string of the molecule is CC(C)N(C)S(=O)(=O)c1ccc(C(=O)Nc2nncs2)cc1. The summed E-state index contributed by atoms with van der Waals surface area (Å²) in [7, 11) is -2.03. The first-order valence-corrected chi connectivity index (χ1v) is 8.80. The monoisotopic (exact) mass is 340 g/mol. The molecule has 1 amide bonds. The van der Waals surface area contributed by atoms with Gasteiger partial charge in [-0.25, -0.2) is 8.42 Å². The number of aromatic nitrogens is 2. The molecule has 22 heavy (non-hydrogen) atoms. The fraction of sp³-hybridized carbons (Fsp3) is 0.308. The highest BCUT2D eigenvalue weighted by molar-refractivity contribution is 7.89. The minimum absolute atomic E-state index is 0.148. The predicted octanol–water partition coefficient (Wildman–Crippen LogP) is 1.82. The zero-order chi connectivity index (χ0) is 16.3. The van der Waals surface area contributed by atoms with Gasteiger partial charge in [-0.3, -0.25) is 10.1 Å². The van der Waals surface area contributed by atoms with E-state index in [9.17, 15) is 13.2 Å². The van der Waals surface area contributed by atoms with Gasteiger partial charge in [0.2, 0.25) is 15.2 Å². The van der Waals surface area contributed by atoms with Crippen molar-refractivity contribution >= 4 is 32.4 Å². The maximum atomic E-state index is 12.3. The van der Waals surface area contributed by atoms with Crippen LogP contribution in [0.5, 0.6) is 0 Å². The molecule has 0 spiro atoms. The van der Waals surface area contributed by atoms with Gasteiger partial charge < -0.3 is 0 Å². The van der Waals surface area contributed by atoms with Gasteiger partial charge in [-0.1, -0.05) is 11.3 Å². The van der Waals surface area contributed by atoms with Crippen LogP contribution in [0, 0.1) is 0 Å². The van der Waals surface area contributed by atoms with E-state index in [1.54, 1.807) is 13.8 Å². The van der Waals surface area contributed by atoms with E-state index in [4.69, 9.17) is 0 Å². The first kappa shape index (κ1) is 16.5. The van der Waals surface area contributed by atoms with Crippen molar-refractivity contribution in [3.63, 3.8) is 0 Å². The Balaban J connectivity index is 2.18. The molecule has 2 rings (SSSR count). The molecule has 9 heteroatoms. The van der Waals surface area contributed by atoms with Gasteiger partial charge >= 0.3 is 0 Å². The van der Waals surface area contributed by atoms with Crippen LogP contribution in [0.1, 0.15) is 24.2 Å². The van der Waals surface area contributed by atoms with Crippen molar-refractivity contribution in [2.45, 2.75) is 24.8 Å². The lowest BCUT2D eigenvalue weighted by atomic mass is 10.2. The molecule has 1 N–H and O–H groups in total. The number of rotatable bonds is 5. The summed E-state index contributed by atoms with van der Waals surface area (Å²) in [5, 5.41) is 10.3. The molecule has 2 aromatic rings. The molecule has 0 saturated heterocycles. The zero-order valence-corrected chi connectivity index (χ0v) is 14.0. The van der Waals surface area contributed by atoms with Gasteiger partial charge in [-0.2, -0.15) is 4.31 Å². The summed E-state index contributed by atoms with van der Waals surface area (Å²) in [5.74, 6) is -0.363. The highest BCUT2D eigenvalue weighted by Gasteiger charge is 2.23. The third-order valence-corrected chi connectivity index (χ3v) is 5.76. The smallest absolute Gasteiger partial charge is 0.257 e. The van der Waals surface area contributed by atoms with E-state index in [1.807, 2.05) is 0 Å². The van der Waals surface area contributed by atoms with E-state index in [-0.39, 0.29) is 16.8 Å². The van der Waals surface area contributed by atoms with E-state index in [0.29, 0.717) is 10.7 Å². The van der Waals surface area contributed by atoms with Crippen molar-refractivity contribution in [1.29, 1.82) is 0 Å². The second kappa shape index (κ2) is 6.51. The van der Waals surface area contributed by atoms with Crippen molar-refractivity contribution in [2.24, 2.45) is 0 Å². The van der Waals surface area contributed by atoms with Crippen LogP contribution in [0.3, 0.4) is 0 Å². The Labute approximate surface area is 133 Å². The molecule has 1 heterocycles. The van der Waals surface area contributed by atoms with Crippen LogP contribution in [0.2, 0.25) is 0 Å². The van der Waals surface area contributed by atoms with E-state index in [2.05, 4.69) is 15.5 Å². The number of hydrogen-bond acceptors (Lipinski definition) is 6. The molecule has 118 valence electrons. The van der Waals surface area contributed by atoms with Crippen molar-refractivity contribution in [1.82, 2.24) is 14.5 Å². The number of carbonyl (C=O) groups excluding carboxylic acids is 1. The van der Waals surface area contributed by atoms with Gasteiger partial charge in [0, 0.05) is 18.7 Å². The van der Waals surface area contributed by atoms with Gasteiger partial charge in [0.05, 0.1) is 4.90 Å². The molecular formula is C13H16N4O3S2. The Morgan fingerprint density at radius 3 is 2.41 bits per heavy atom. The number of nitrogens with one attached hydrogen (secondary N) is 1. The largest absolute Gasteiger partial charge is 0.296 e. The standard InChI is InChI=1S/C13H16N4O3S2/c1-9(2)17(3)22(19,20)11-6-4-10(5-7-11)12(18)15-13-16-14-8-21-13/h4-9H,1-3H3,(H,15,16,18). The molecule has 0 radical (unpaired) electrons. The van der Waals surface area contributed by atoms with Crippen molar-refractivity contribution < 1.29 is 13.2 Å². The summed E-state index contributed by atoms with van der Waals surface area (Å²) in [6.07, 6.45) is 0. The molecule has 0 saturated carbocycles. The summed E-state index contributed by atoms with van der Waals surface area (Å²) in [4.78, 5) is 12.1. The van der Waals surface area contributed by atoms with E-state index < -0.39 is 10.0 Å². The van der Waals surface area contributed by atoms with Gasteiger partial charge in [0.1, 0.15) is 5.51 Å². The van der Waals surface area contributed by atoms with Gasteiger partial charge in [0.25, 0.3) is 5.91 Å². The summed E-state index contributed by atoms with van der Waals surface area (Å²) in [6, 6.07) is 5.63. The Morgan fingerprint density at radius 1 is 1.27 bits per heavy atom. The van der Waals surface area contributed by atoms with E-state index in [0.717, 1.165) is 0 Å². The summed E-state index contributed by atoms with van der Waals surface area (Å²) in [6.45, 7) is 3.59. The topological polar surface area (TPSA) is 92.3 Å². The van der Waals surface area contributed by atoms with Crippen molar-refractivity contribution in [3.8, 4) is 0 Å². The minimum Gasteiger partial charge on any atom is -0.296 e. The second-order valence-corrected chi connectivity index (χ2v) is 7.67. The molecule has 0 aliphatic heterocycles. The summed E-state index contributed by atoms with van der Waals surface area (Å²) in [5.41, 5.74) is 1.86. The van der Waals surface area contributed by atoms with Gasteiger partial charge in [0.15, 0.2) is 0 Å². The fourth-order valence-corrected chi connectivity index (χ4v) is 3.43. The molecule has 0 fully saturated rings. The van der Waals surface area contributed by atoms with E-state index >= 15 is 0 Å². The molecule has 0 aliphatic rings.